The third-order valence-corrected chi connectivity index (χ3v) is 3.85. The van der Waals surface area contributed by atoms with Crippen LogP contribution in [0.25, 0.3) is 0 Å². The van der Waals surface area contributed by atoms with E-state index in [0.717, 1.165) is 5.56 Å². The van der Waals surface area contributed by atoms with Crippen LogP contribution >= 0.6 is 0 Å². The van der Waals surface area contributed by atoms with Gasteiger partial charge in [-0.2, -0.15) is 0 Å². The first-order valence-corrected chi connectivity index (χ1v) is 7.87. The minimum Gasteiger partial charge on any atom is -0.460 e. The first kappa shape index (κ1) is 16.7. The Bertz CT molecular complexity index is 556. The Balaban J connectivity index is 2.53. The topological polar surface area (TPSA) is 72.5 Å². The highest BCUT2D eigenvalue weighted by Gasteiger charge is 2.18. The molecule has 1 N–H and O–H groups in total. The molecule has 0 saturated carbocycles. The van der Waals surface area contributed by atoms with E-state index in [2.05, 4.69) is 4.72 Å². The highest BCUT2D eigenvalue weighted by Crippen LogP contribution is 2.10. The number of nitrogens with one attached hydrogen (secondary N) is 1. The molecule has 0 aliphatic rings. The lowest BCUT2D eigenvalue weighted by Crippen LogP contribution is -2.29. The Labute approximate surface area is 120 Å². The Morgan fingerprint density at radius 2 is 1.75 bits per heavy atom. The fourth-order valence-electron chi connectivity index (χ4n) is 1.48. The van der Waals surface area contributed by atoms with Gasteiger partial charge in [0.15, 0.2) is 0 Å². The first-order valence-electron chi connectivity index (χ1n) is 6.38. The Morgan fingerprint density at radius 1 is 1.20 bits per heavy atom. The number of aryl methyl sites for hydroxylation is 1. The van der Waals surface area contributed by atoms with Crippen molar-refractivity contribution < 1.29 is 17.9 Å². The van der Waals surface area contributed by atoms with Gasteiger partial charge in [-0.1, -0.05) is 17.7 Å². The van der Waals surface area contributed by atoms with Gasteiger partial charge in [-0.15, -0.1) is 0 Å². The van der Waals surface area contributed by atoms with E-state index in [0.29, 0.717) is 0 Å². The lowest BCUT2D eigenvalue weighted by Gasteiger charge is -2.19. The minimum absolute atomic E-state index is 0.00234. The molecular weight excluding hydrogens is 278 g/mol. The van der Waals surface area contributed by atoms with Crippen LogP contribution in [0, 0.1) is 6.92 Å². The average molecular weight is 299 g/mol. The van der Waals surface area contributed by atoms with E-state index in [9.17, 15) is 13.2 Å². The number of hydrogen-bond acceptors (Lipinski definition) is 4. The summed E-state index contributed by atoms with van der Waals surface area (Å²) in [5.74, 6) is -0.427. The minimum atomic E-state index is -3.57. The van der Waals surface area contributed by atoms with Crippen molar-refractivity contribution in [2.75, 3.05) is 6.54 Å². The second-order valence-electron chi connectivity index (χ2n) is 5.55. The van der Waals surface area contributed by atoms with Crippen molar-refractivity contribution in [1.29, 1.82) is 0 Å². The zero-order valence-corrected chi connectivity index (χ0v) is 13.1. The van der Waals surface area contributed by atoms with Gasteiger partial charge in [-0.25, -0.2) is 13.1 Å². The van der Waals surface area contributed by atoms with Crippen LogP contribution in [-0.4, -0.2) is 26.5 Å². The van der Waals surface area contributed by atoms with Gasteiger partial charge in [-0.3, -0.25) is 4.79 Å². The largest absolute Gasteiger partial charge is 0.460 e. The molecule has 0 aromatic heterocycles. The standard InChI is InChI=1S/C14H21NO4S/c1-11-5-7-12(8-6-11)20(17,18)15-10-9-13(16)19-14(2,3)4/h5-8,15H,9-10H2,1-4H3. The summed E-state index contributed by atoms with van der Waals surface area (Å²) in [5, 5.41) is 0. The number of sulfonamides is 1. The summed E-state index contributed by atoms with van der Waals surface area (Å²) < 4.78 is 31.4. The smallest absolute Gasteiger partial charge is 0.307 e. The van der Waals surface area contributed by atoms with Gasteiger partial charge in [0.05, 0.1) is 11.3 Å². The summed E-state index contributed by atoms with van der Waals surface area (Å²) in [4.78, 5) is 11.7. The van der Waals surface area contributed by atoms with Crippen molar-refractivity contribution in [2.45, 2.75) is 44.6 Å². The number of hydrogen-bond donors (Lipinski definition) is 1. The number of carbonyl (C=O) groups excluding carboxylic acids is 1. The Morgan fingerprint density at radius 3 is 2.25 bits per heavy atom. The van der Waals surface area contributed by atoms with Crippen molar-refractivity contribution >= 4 is 16.0 Å². The summed E-state index contributed by atoms with van der Waals surface area (Å²) in [7, 11) is -3.57. The molecule has 0 atom stereocenters. The molecule has 0 aliphatic heterocycles. The lowest BCUT2D eigenvalue weighted by atomic mass is 10.2. The van der Waals surface area contributed by atoms with Crippen LogP contribution in [0.15, 0.2) is 29.2 Å². The fraction of sp³-hybridized carbons (Fsp3) is 0.500. The van der Waals surface area contributed by atoms with Crippen LogP contribution in [0.2, 0.25) is 0 Å². The number of benzene rings is 1. The molecule has 1 aromatic rings. The number of esters is 1. The molecule has 0 amide bonds. The Kier molecular flexibility index (Phi) is 5.30. The van der Waals surface area contributed by atoms with Crippen molar-refractivity contribution in [3.63, 3.8) is 0 Å². The predicted octanol–water partition coefficient (Wildman–Crippen LogP) is 2.01. The highest BCUT2D eigenvalue weighted by molar-refractivity contribution is 7.89. The van der Waals surface area contributed by atoms with E-state index in [1.165, 1.54) is 12.1 Å². The molecule has 0 bridgehead atoms. The molecule has 1 rings (SSSR count). The maximum Gasteiger partial charge on any atom is 0.307 e. The molecular formula is C14H21NO4S. The van der Waals surface area contributed by atoms with E-state index < -0.39 is 21.6 Å². The molecule has 6 heteroatoms. The van der Waals surface area contributed by atoms with Gasteiger partial charge >= 0.3 is 5.97 Å². The van der Waals surface area contributed by atoms with Gasteiger partial charge < -0.3 is 4.74 Å². The second kappa shape index (κ2) is 6.37. The van der Waals surface area contributed by atoms with Crippen LogP contribution in [0.1, 0.15) is 32.8 Å². The molecule has 5 nitrogen and oxygen atoms in total. The summed E-state index contributed by atoms with van der Waals surface area (Å²) in [6.07, 6.45) is 0.00234. The summed E-state index contributed by atoms with van der Waals surface area (Å²) in [6.45, 7) is 7.20. The van der Waals surface area contributed by atoms with E-state index in [1.54, 1.807) is 32.9 Å². The van der Waals surface area contributed by atoms with Crippen LogP contribution in [0.5, 0.6) is 0 Å². The summed E-state index contributed by atoms with van der Waals surface area (Å²) in [5.41, 5.74) is 0.421. The van der Waals surface area contributed by atoms with Gasteiger partial charge in [0.25, 0.3) is 0 Å². The monoisotopic (exact) mass is 299 g/mol. The molecule has 112 valence electrons. The van der Waals surface area contributed by atoms with Gasteiger partial charge in [-0.05, 0) is 39.8 Å². The molecule has 0 saturated heterocycles. The zero-order valence-electron chi connectivity index (χ0n) is 12.3. The van der Waals surface area contributed by atoms with Crippen molar-refractivity contribution in [3.8, 4) is 0 Å². The van der Waals surface area contributed by atoms with Crippen LogP contribution in [-0.2, 0) is 19.6 Å². The number of rotatable bonds is 5. The fourth-order valence-corrected chi connectivity index (χ4v) is 2.51. The average Bonchev–Trinajstić information content (AvgIpc) is 2.26. The SMILES string of the molecule is Cc1ccc(S(=O)(=O)NCCC(=O)OC(C)(C)C)cc1. The van der Waals surface area contributed by atoms with Crippen molar-refractivity contribution in [1.82, 2.24) is 4.72 Å². The predicted molar refractivity (Wildman–Crippen MR) is 76.8 cm³/mol. The Hall–Kier alpha value is -1.40. The van der Waals surface area contributed by atoms with Crippen LogP contribution in [0.3, 0.4) is 0 Å². The maximum absolute atomic E-state index is 11.9. The molecule has 0 unspecified atom stereocenters. The van der Waals surface area contributed by atoms with Gasteiger partial charge in [0.1, 0.15) is 5.60 Å². The molecule has 0 fully saturated rings. The molecule has 0 heterocycles. The highest BCUT2D eigenvalue weighted by atomic mass is 32.2. The van der Waals surface area contributed by atoms with Crippen LogP contribution in [0.4, 0.5) is 0 Å². The third kappa shape index (κ3) is 5.71. The van der Waals surface area contributed by atoms with E-state index >= 15 is 0 Å². The van der Waals surface area contributed by atoms with E-state index in [-0.39, 0.29) is 17.9 Å². The van der Waals surface area contributed by atoms with Gasteiger partial charge in [0, 0.05) is 6.54 Å². The normalized spacial score (nSPS) is 12.2. The molecule has 0 spiro atoms. The molecule has 1 aromatic carbocycles. The van der Waals surface area contributed by atoms with Gasteiger partial charge in [0.2, 0.25) is 10.0 Å². The molecule has 0 radical (unpaired) electrons. The van der Waals surface area contributed by atoms with E-state index in [4.69, 9.17) is 4.74 Å². The van der Waals surface area contributed by atoms with Crippen molar-refractivity contribution in [2.24, 2.45) is 0 Å². The molecule has 20 heavy (non-hydrogen) atoms. The lowest BCUT2D eigenvalue weighted by molar-refractivity contribution is -0.154. The van der Waals surface area contributed by atoms with Crippen molar-refractivity contribution in [3.05, 3.63) is 29.8 Å². The maximum atomic E-state index is 11.9. The third-order valence-electron chi connectivity index (χ3n) is 2.37. The quantitative estimate of drug-likeness (QED) is 0.844. The number of carbonyl (C=O) groups is 1. The molecule has 0 aliphatic carbocycles. The second-order valence-corrected chi connectivity index (χ2v) is 7.31. The summed E-state index contributed by atoms with van der Waals surface area (Å²) in [6, 6.07) is 6.52. The number of ether oxygens (including phenoxy) is 1. The van der Waals surface area contributed by atoms with E-state index in [1.807, 2.05) is 6.92 Å². The first-order chi connectivity index (χ1) is 9.10. The van der Waals surface area contributed by atoms with Crippen LogP contribution < -0.4 is 4.72 Å². The zero-order chi connectivity index (χ0) is 15.4. The summed E-state index contributed by atoms with van der Waals surface area (Å²) >= 11 is 0.